The van der Waals surface area contributed by atoms with Gasteiger partial charge in [-0.25, -0.2) is 4.79 Å². The maximum Gasteiger partial charge on any atom is 0.335 e. The standard InChI is InChI=1S/C24H16N2O6S/c1-13(27)14-2-4-15(5-3-14)20-11-10-18(32-20)12-19-21(28)25-24(33)26(22(19)29)17-8-6-16(7-9-17)23(30)31/h2-12H,1H3,(H,30,31)(H,25,28,33)/b19-12+. The largest absolute Gasteiger partial charge is 0.478 e. The number of hydrogen-bond donors (Lipinski definition) is 2. The van der Waals surface area contributed by atoms with Crippen LogP contribution in [-0.2, 0) is 9.59 Å². The van der Waals surface area contributed by atoms with Crippen molar-refractivity contribution in [2.75, 3.05) is 4.90 Å². The fourth-order valence-corrected chi connectivity index (χ4v) is 3.52. The van der Waals surface area contributed by atoms with Crippen molar-refractivity contribution in [2.24, 2.45) is 0 Å². The summed E-state index contributed by atoms with van der Waals surface area (Å²) in [6, 6.07) is 15.7. The predicted octanol–water partition coefficient (Wildman–Crippen LogP) is 3.68. The maximum absolute atomic E-state index is 13.1. The Labute approximate surface area is 193 Å². The lowest BCUT2D eigenvalue weighted by molar-refractivity contribution is -0.122. The molecule has 0 atom stereocenters. The summed E-state index contributed by atoms with van der Waals surface area (Å²) in [4.78, 5) is 49.1. The van der Waals surface area contributed by atoms with Gasteiger partial charge in [0.05, 0.1) is 11.3 Å². The Hall–Kier alpha value is -4.37. The highest BCUT2D eigenvalue weighted by atomic mass is 32.1. The average Bonchev–Trinajstić information content (AvgIpc) is 3.25. The van der Waals surface area contributed by atoms with Gasteiger partial charge in [0, 0.05) is 11.1 Å². The van der Waals surface area contributed by atoms with Crippen LogP contribution < -0.4 is 10.2 Å². The lowest BCUT2D eigenvalue weighted by Crippen LogP contribution is -2.54. The lowest BCUT2D eigenvalue weighted by atomic mass is 10.1. The number of thiocarbonyl (C=S) groups is 1. The molecule has 1 aliphatic heterocycles. The molecule has 0 spiro atoms. The first-order valence-electron chi connectivity index (χ1n) is 9.70. The maximum atomic E-state index is 13.1. The van der Waals surface area contributed by atoms with Crippen LogP contribution in [0.4, 0.5) is 5.69 Å². The molecule has 0 bridgehead atoms. The topological polar surface area (TPSA) is 117 Å². The molecule has 0 radical (unpaired) electrons. The van der Waals surface area contributed by atoms with Gasteiger partial charge in [-0.1, -0.05) is 24.3 Å². The van der Waals surface area contributed by atoms with Crippen molar-refractivity contribution in [1.82, 2.24) is 5.32 Å². The van der Waals surface area contributed by atoms with E-state index in [9.17, 15) is 19.2 Å². The molecule has 33 heavy (non-hydrogen) atoms. The fraction of sp³-hybridized carbons (Fsp3) is 0.0417. The van der Waals surface area contributed by atoms with Crippen LogP contribution >= 0.6 is 12.2 Å². The number of nitrogens with one attached hydrogen (secondary N) is 1. The molecular weight excluding hydrogens is 444 g/mol. The number of Topliss-reactive ketones (excluding diaryl/α,β-unsaturated/α-hetero) is 1. The van der Waals surface area contributed by atoms with E-state index < -0.39 is 17.8 Å². The molecule has 164 valence electrons. The Morgan fingerprint density at radius 2 is 1.61 bits per heavy atom. The van der Waals surface area contributed by atoms with Crippen LogP contribution in [-0.4, -0.2) is 33.8 Å². The highest BCUT2D eigenvalue weighted by Crippen LogP contribution is 2.26. The monoisotopic (exact) mass is 460 g/mol. The van der Waals surface area contributed by atoms with Crippen LogP contribution in [0.1, 0.15) is 33.4 Å². The van der Waals surface area contributed by atoms with Crippen molar-refractivity contribution in [3.63, 3.8) is 0 Å². The third-order valence-electron chi connectivity index (χ3n) is 4.96. The molecule has 1 saturated heterocycles. The first kappa shape index (κ1) is 21.8. The Morgan fingerprint density at radius 3 is 2.21 bits per heavy atom. The minimum Gasteiger partial charge on any atom is -0.478 e. The molecule has 2 amide bonds. The molecule has 0 unspecified atom stereocenters. The lowest BCUT2D eigenvalue weighted by Gasteiger charge is -2.28. The van der Waals surface area contributed by atoms with Crippen LogP contribution in [0.15, 0.2) is 70.7 Å². The molecule has 1 aromatic heterocycles. The summed E-state index contributed by atoms with van der Waals surface area (Å²) in [7, 11) is 0. The Balaban J connectivity index is 1.62. The van der Waals surface area contributed by atoms with E-state index >= 15 is 0 Å². The van der Waals surface area contributed by atoms with Gasteiger partial charge in [0.2, 0.25) is 0 Å². The van der Waals surface area contributed by atoms with Crippen LogP contribution in [0.5, 0.6) is 0 Å². The molecule has 4 rings (SSSR count). The van der Waals surface area contributed by atoms with Crippen molar-refractivity contribution in [3.05, 3.63) is 83.1 Å². The molecule has 2 aromatic carbocycles. The zero-order valence-electron chi connectivity index (χ0n) is 17.2. The van der Waals surface area contributed by atoms with E-state index in [0.29, 0.717) is 17.0 Å². The fourth-order valence-electron chi connectivity index (χ4n) is 3.24. The van der Waals surface area contributed by atoms with Gasteiger partial charge in [-0.15, -0.1) is 0 Å². The van der Waals surface area contributed by atoms with Crippen molar-refractivity contribution in [3.8, 4) is 11.3 Å². The molecular formula is C24H16N2O6S. The minimum atomic E-state index is -1.10. The smallest absolute Gasteiger partial charge is 0.335 e. The van der Waals surface area contributed by atoms with E-state index in [1.807, 2.05) is 0 Å². The van der Waals surface area contributed by atoms with Gasteiger partial charge in [-0.05, 0) is 61.6 Å². The molecule has 0 saturated carbocycles. The molecule has 1 aliphatic rings. The molecule has 8 nitrogen and oxygen atoms in total. The summed E-state index contributed by atoms with van der Waals surface area (Å²) in [5, 5.41) is 11.4. The Morgan fingerprint density at radius 1 is 0.970 bits per heavy atom. The normalized spacial score (nSPS) is 15.0. The number of carbonyl (C=O) groups is 4. The van der Waals surface area contributed by atoms with Gasteiger partial charge in [0.15, 0.2) is 10.9 Å². The molecule has 9 heteroatoms. The first-order valence-corrected chi connectivity index (χ1v) is 10.1. The number of carbonyl (C=O) groups excluding carboxylic acids is 3. The summed E-state index contributed by atoms with van der Waals surface area (Å²) in [6.07, 6.45) is 1.31. The summed E-state index contributed by atoms with van der Waals surface area (Å²) in [5.74, 6) is -1.73. The van der Waals surface area contributed by atoms with E-state index in [0.717, 1.165) is 10.5 Å². The molecule has 2 heterocycles. The second-order valence-electron chi connectivity index (χ2n) is 7.15. The highest BCUT2D eigenvalue weighted by molar-refractivity contribution is 7.80. The number of carboxylic acids is 1. The van der Waals surface area contributed by atoms with Crippen molar-refractivity contribution in [1.29, 1.82) is 0 Å². The summed E-state index contributed by atoms with van der Waals surface area (Å²) in [5.41, 5.74) is 1.47. The van der Waals surface area contributed by atoms with Crippen LogP contribution in [0, 0.1) is 0 Å². The van der Waals surface area contributed by atoms with Crippen LogP contribution in [0.3, 0.4) is 0 Å². The van der Waals surface area contributed by atoms with E-state index in [4.69, 9.17) is 21.7 Å². The number of nitrogens with zero attached hydrogens (tertiary/aromatic N) is 1. The second kappa shape index (κ2) is 8.64. The number of hydrogen-bond acceptors (Lipinski definition) is 6. The average molecular weight is 460 g/mol. The van der Waals surface area contributed by atoms with Gasteiger partial charge in [0.1, 0.15) is 17.1 Å². The van der Waals surface area contributed by atoms with E-state index in [-0.39, 0.29) is 27.8 Å². The number of benzene rings is 2. The van der Waals surface area contributed by atoms with Crippen molar-refractivity contribution >= 4 is 52.7 Å². The zero-order valence-corrected chi connectivity index (χ0v) is 18.0. The number of rotatable bonds is 5. The van der Waals surface area contributed by atoms with Crippen molar-refractivity contribution in [2.45, 2.75) is 6.92 Å². The Bertz CT molecular complexity index is 1340. The Kier molecular flexibility index (Phi) is 5.72. The van der Waals surface area contributed by atoms with E-state index in [1.54, 1.807) is 36.4 Å². The number of carboxylic acid groups (broad SMARTS) is 1. The summed E-state index contributed by atoms with van der Waals surface area (Å²) in [6.45, 7) is 1.48. The minimum absolute atomic E-state index is 0.0479. The number of aromatic carboxylic acids is 1. The third-order valence-corrected chi connectivity index (χ3v) is 5.25. The second-order valence-corrected chi connectivity index (χ2v) is 7.53. The quantitative estimate of drug-likeness (QED) is 0.258. The van der Waals surface area contributed by atoms with E-state index in [1.165, 1.54) is 37.3 Å². The van der Waals surface area contributed by atoms with Gasteiger partial charge in [0.25, 0.3) is 11.8 Å². The summed E-state index contributed by atoms with van der Waals surface area (Å²) >= 11 is 5.14. The first-order chi connectivity index (χ1) is 15.7. The molecule has 1 fully saturated rings. The predicted molar refractivity (Wildman–Crippen MR) is 124 cm³/mol. The number of furan rings is 1. The summed E-state index contributed by atoms with van der Waals surface area (Å²) < 4.78 is 5.77. The number of amides is 2. The number of ketones is 1. The molecule has 2 N–H and O–H groups in total. The SMILES string of the molecule is CC(=O)c1ccc(-c2ccc(/C=C3\C(=O)NC(=S)N(c4ccc(C(=O)O)cc4)C3=O)o2)cc1. The van der Waals surface area contributed by atoms with Crippen LogP contribution in [0.25, 0.3) is 17.4 Å². The van der Waals surface area contributed by atoms with Gasteiger partial charge in [-0.3, -0.25) is 24.6 Å². The van der Waals surface area contributed by atoms with Gasteiger partial charge >= 0.3 is 5.97 Å². The van der Waals surface area contributed by atoms with Gasteiger partial charge < -0.3 is 9.52 Å². The number of anilines is 1. The van der Waals surface area contributed by atoms with Crippen molar-refractivity contribution < 1.29 is 28.7 Å². The third kappa shape index (κ3) is 4.35. The highest BCUT2D eigenvalue weighted by Gasteiger charge is 2.34. The van der Waals surface area contributed by atoms with Crippen LogP contribution in [0.2, 0.25) is 0 Å². The molecule has 3 aromatic rings. The molecule has 0 aliphatic carbocycles. The van der Waals surface area contributed by atoms with E-state index in [2.05, 4.69) is 5.32 Å². The zero-order chi connectivity index (χ0) is 23.7. The van der Waals surface area contributed by atoms with Gasteiger partial charge in [-0.2, -0.15) is 0 Å².